The molecule has 1 aromatic carbocycles. The Morgan fingerprint density at radius 3 is 2.47 bits per heavy atom. The maximum atomic E-state index is 13.5. The van der Waals surface area contributed by atoms with Gasteiger partial charge in [0.1, 0.15) is 4.90 Å². The number of aromatic nitrogens is 2. The van der Waals surface area contributed by atoms with Crippen LogP contribution in [0, 0.1) is 12.8 Å². The highest BCUT2D eigenvalue weighted by atomic mass is 32.2. The number of sulfonamides is 1. The van der Waals surface area contributed by atoms with Gasteiger partial charge in [0, 0.05) is 36.4 Å². The summed E-state index contributed by atoms with van der Waals surface area (Å²) in [6.07, 6.45) is 7.40. The van der Waals surface area contributed by atoms with Crippen LogP contribution in [0.2, 0.25) is 0 Å². The monoisotopic (exact) mass is 504 g/mol. The van der Waals surface area contributed by atoms with E-state index in [0.29, 0.717) is 34.9 Å². The van der Waals surface area contributed by atoms with E-state index < -0.39 is 25.8 Å². The molecule has 2 N–H and O–H groups in total. The largest absolute Gasteiger partial charge is 0.343 e. The van der Waals surface area contributed by atoms with Gasteiger partial charge in [-0.05, 0) is 51.2 Å². The summed E-state index contributed by atoms with van der Waals surface area (Å²) in [5, 5.41) is 6.36. The summed E-state index contributed by atoms with van der Waals surface area (Å²) < 4.78 is 56.5. The van der Waals surface area contributed by atoms with Crippen molar-refractivity contribution < 1.29 is 16.8 Å². The zero-order chi connectivity index (χ0) is 24.6. The molecule has 8 nitrogen and oxygen atoms in total. The van der Waals surface area contributed by atoms with Gasteiger partial charge in [-0.25, -0.2) is 17.5 Å². The van der Waals surface area contributed by atoms with Crippen molar-refractivity contribution in [2.45, 2.75) is 69.9 Å². The molecule has 0 bridgehead atoms. The summed E-state index contributed by atoms with van der Waals surface area (Å²) in [6.45, 7) is 6.25. The zero-order valence-corrected chi connectivity index (χ0v) is 21.7. The SMILES string of the molecule is Cc1c(S(N)(=O)=O)cc(-c2cn3c4c(cccc24)C(C)(C)N(C)S3(=O)=O)n1CC1CCCCC1. The van der Waals surface area contributed by atoms with Crippen LogP contribution in [0.15, 0.2) is 35.4 Å². The van der Waals surface area contributed by atoms with E-state index in [1.165, 1.54) is 27.5 Å². The van der Waals surface area contributed by atoms with E-state index in [1.54, 1.807) is 26.2 Å². The maximum absolute atomic E-state index is 13.5. The van der Waals surface area contributed by atoms with E-state index >= 15 is 0 Å². The van der Waals surface area contributed by atoms with Gasteiger partial charge in [-0.15, -0.1) is 0 Å². The van der Waals surface area contributed by atoms with E-state index in [9.17, 15) is 16.8 Å². The summed E-state index contributed by atoms with van der Waals surface area (Å²) in [7, 11) is -6.14. The normalized spacial score (nSPS) is 20.7. The van der Waals surface area contributed by atoms with Gasteiger partial charge in [-0.1, -0.05) is 37.5 Å². The number of para-hydroxylation sites is 1. The highest BCUT2D eigenvalue weighted by Crippen LogP contribution is 2.44. The summed E-state index contributed by atoms with van der Waals surface area (Å²) >= 11 is 0. The lowest BCUT2D eigenvalue weighted by molar-refractivity contribution is 0.264. The van der Waals surface area contributed by atoms with Crippen LogP contribution in [0.4, 0.5) is 0 Å². The number of benzene rings is 1. The predicted octanol–water partition coefficient (Wildman–Crippen LogP) is 3.92. The van der Waals surface area contributed by atoms with Crippen LogP contribution in [0.25, 0.3) is 22.2 Å². The second kappa shape index (κ2) is 7.68. The van der Waals surface area contributed by atoms with Crippen LogP contribution in [0.1, 0.15) is 57.2 Å². The average Bonchev–Trinajstić information content (AvgIpc) is 3.31. The van der Waals surface area contributed by atoms with Crippen LogP contribution in [-0.2, 0) is 32.3 Å². The van der Waals surface area contributed by atoms with Crippen LogP contribution in [-0.4, -0.2) is 36.7 Å². The first-order chi connectivity index (χ1) is 15.8. The van der Waals surface area contributed by atoms with E-state index in [0.717, 1.165) is 23.8 Å². The Balaban J connectivity index is 1.80. The molecule has 0 spiro atoms. The average molecular weight is 505 g/mol. The van der Waals surface area contributed by atoms with Crippen LogP contribution in [0.5, 0.6) is 0 Å². The van der Waals surface area contributed by atoms with Crippen molar-refractivity contribution in [1.29, 1.82) is 0 Å². The van der Waals surface area contributed by atoms with Gasteiger partial charge in [0.05, 0.1) is 16.7 Å². The maximum Gasteiger partial charge on any atom is 0.308 e. The van der Waals surface area contributed by atoms with Crippen molar-refractivity contribution >= 4 is 31.1 Å². The summed E-state index contributed by atoms with van der Waals surface area (Å²) in [5.41, 5.74) is 2.79. The molecule has 0 unspecified atom stereocenters. The molecule has 10 heteroatoms. The summed E-state index contributed by atoms with van der Waals surface area (Å²) in [5.74, 6) is 0.445. The lowest BCUT2D eigenvalue weighted by Gasteiger charge is -2.39. The lowest BCUT2D eigenvalue weighted by Crippen LogP contribution is -2.48. The molecule has 2 aromatic heterocycles. The van der Waals surface area contributed by atoms with E-state index in [1.807, 2.05) is 36.6 Å². The van der Waals surface area contributed by atoms with Gasteiger partial charge in [0.2, 0.25) is 10.0 Å². The molecule has 5 rings (SSSR count). The predicted molar refractivity (Wildman–Crippen MR) is 133 cm³/mol. The minimum absolute atomic E-state index is 0.0885. The standard InChI is InChI=1S/C24H32N4O4S2/c1-16-22(33(25,29)30)13-21(27(16)14-17-9-6-5-7-10-17)19-15-28-23-18(19)11-8-12-20(23)24(2,3)26(4)34(28,31)32/h8,11-13,15,17H,5-7,9-10,14H2,1-4H3,(H2,25,29,30). The molecule has 1 aliphatic heterocycles. The molecule has 0 atom stereocenters. The number of rotatable bonds is 4. The number of nitrogens with zero attached hydrogens (tertiary/aromatic N) is 3. The minimum atomic E-state index is -3.94. The Morgan fingerprint density at radius 1 is 1.15 bits per heavy atom. The molecule has 34 heavy (non-hydrogen) atoms. The first-order valence-corrected chi connectivity index (χ1v) is 14.7. The molecular weight excluding hydrogens is 472 g/mol. The molecule has 0 radical (unpaired) electrons. The van der Waals surface area contributed by atoms with Gasteiger partial charge < -0.3 is 4.57 Å². The van der Waals surface area contributed by atoms with Gasteiger partial charge in [0.15, 0.2) is 0 Å². The van der Waals surface area contributed by atoms with E-state index in [2.05, 4.69) is 0 Å². The van der Waals surface area contributed by atoms with Crippen molar-refractivity contribution in [3.63, 3.8) is 0 Å². The Hall–Kier alpha value is -2.14. The third-order valence-corrected chi connectivity index (χ3v) is 10.9. The third-order valence-electron chi connectivity index (χ3n) is 7.90. The first-order valence-electron chi connectivity index (χ1n) is 11.7. The summed E-state index contributed by atoms with van der Waals surface area (Å²) in [6, 6.07) is 7.40. The Kier molecular flexibility index (Phi) is 5.33. The molecule has 1 aliphatic carbocycles. The van der Waals surface area contributed by atoms with Crippen molar-refractivity contribution in [2.24, 2.45) is 11.1 Å². The molecule has 3 aromatic rings. The summed E-state index contributed by atoms with van der Waals surface area (Å²) in [4.78, 5) is 0.0885. The van der Waals surface area contributed by atoms with Gasteiger partial charge in [0.25, 0.3) is 0 Å². The quantitative estimate of drug-likeness (QED) is 0.581. The number of nitrogens with two attached hydrogens (primary N) is 1. The topological polar surface area (TPSA) is 107 Å². The second-order valence-corrected chi connectivity index (χ2v) is 13.6. The lowest BCUT2D eigenvalue weighted by atomic mass is 9.89. The molecule has 184 valence electrons. The number of hydrogen-bond acceptors (Lipinski definition) is 4. The van der Waals surface area contributed by atoms with Gasteiger partial charge >= 0.3 is 10.2 Å². The smallest absolute Gasteiger partial charge is 0.308 e. The number of primary sulfonamides is 1. The van der Waals surface area contributed by atoms with Crippen LogP contribution in [0.3, 0.4) is 0 Å². The van der Waals surface area contributed by atoms with Gasteiger partial charge in [-0.2, -0.15) is 12.7 Å². The Labute approximate surface area is 201 Å². The Bertz CT molecular complexity index is 1510. The minimum Gasteiger partial charge on any atom is -0.343 e. The van der Waals surface area contributed by atoms with Crippen molar-refractivity contribution in [2.75, 3.05) is 7.05 Å². The fraction of sp³-hybridized carbons (Fsp3) is 0.500. The molecule has 3 heterocycles. The van der Waals surface area contributed by atoms with E-state index in [-0.39, 0.29) is 4.90 Å². The Morgan fingerprint density at radius 2 is 1.82 bits per heavy atom. The second-order valence-electron chi connectivity index (χ2n) is 10.2. The number of hydrogen-bond donors (Lipinski definition) is 1. The molecule has 0 amide bonds. The van der Waals surface area contributed by atoms with Crippen molar-refractivity contribution in [3.8, 4) is 11.3 Å². The molecule has 0 saturated heterocycles. The first kappa shape index (κ1) is 23.6. The zero-order valence-electron chi connectivity index (χ0n) is 20.1. The van der Waals surface area contributed by atoms with Crippen LogP contribution >= 0.6 is 0 Å². The fourth-order valence-corrected chi connectivity index (χ4v) is 8.12. The van der Waals surface area contributed by atoms with Crippen LogP contribution < -0.4 is 5.14 Å². The highest BCUT2D eigenvalue weighted by Gasteiger charge is 2.43. The van der Waals surface area contributed by atoms with Gasteiger partial charge in [-0.3, -0.25) is 0 Å². The molecule has 1 saturated carbocycles. The third kappa shape index (κ3) is 3.37. The van der Waals surface area contributed by atoms with Crippen molar-refractivity contribution in [1.82, 2.24) is 12.8 Å². The van der Waals surface area contributed by atoms with E-state index in [4.69, 9.17) is 5.14 Å². The molecule has 1 fully saturated rings. The molecular formula is C24H32N4O4S2. The molecule has 2 aliphatic rings. The van der Waals surface area contributed by atoms with Crippen molar-refractivity contribution in [3.05, 3.63) is 41.7 Å². The fourth-order valence-electron chi connectivity index (χ4n) is 5.71. The highest BCUT2D eigenvalue weighted by molar-refractivity contribution is 7.89.